The number of carbonyl (C=O) groups excluding carboxylic acids is 2. The maximum atomic E-state index is 13.1. The minimum Gasteiger partial charge on any atom is -0.490 e. The van der Waals surface area contributed by atoms with Crippen molar-refractivity contribution in [2.24, 2.45) is 0 Å². The van der Waals surface area contributed by atoms with Gasteiger partial charge in [-0.1, -0.05) is 22.0 Å². The van der Waals surface area contributed by atoms with Crippen molar-refractivity contribution in [1.29, 1.82) is 0 Å². The lowest BCUT2D eigenvalue weighted by Crippen LogP contribution is -2.54. The molecule has 1 fully saturated rings. The van der Waals surface area contributed by atoms with Crippen LogP contribution in [-0.4, -0.2) is 30.1 Å². The number of halogens is 1. The maximum absolute atomic E-state index is 13.1. The molecule has 0 bridgehead atoms. The lowest BCUT2D eigenvalue weighted by molar-refractivity contribution is -0.122. The first-order valence-corrected chi connectivity index (χ1v) is 10.2. The second-order valence-corrected chi connectivity index (χ2v) is 7.31. The molecule has 2 aromatic rings. The Labute approximate surface area is 182 Å². The van der Waals surface area contributed by atoms with E-state index in [0.717, 1.165) is 4.47 Å². The number of amides is 2. The standard InChI is InChI=1S/C21H19BrN2O4S/c1-3-27-17-10-5-13(12-18(17)28-4-2)11-16-19(25)23-21(29)24(20(16)26)15-8-6-14(22)7-9-15/h5-12H,3-4H2,1-2H3,(H,23,25,29)/b16-11+. The monoisotopic (exact) mass is 474 g/mol. The molecule has 1 N–H and O–H groups in total. The lowest BCUT2D eigenvalue weighted by Gasteiger charge is -2.29. The van der Waals surface area contributed by atoms with E-state index in [4.69, 9.17) is 21.7 Å². The third kappa shape index (κ3) is 4.65. The largest absolute Gasteiger partial charge is 0.490 e. The van der Waals surface area contributed by atoms with E-state index in [0.29, 0.717) is 36.0 Å². The van der Waals surface area contributed by atoms with Crippen LogP contribution in [0.25, 0.3) is 6.08 Å². The highest BCUT2D eigenvalue weighted by Crippen LogP contribution is 2.30. The van der Waals surface area contributed by atoms with E-state index in [9.17, 15) is 9.59 Å². The van der Waals surface area contributed by atoms with E-state index in [2.05, 4.69) is 21.2 Å². The fourth-order valence-corrected chi connectivity index (χ4v) is 3.35. The molecular formula is C21H19BrN2O4S. The zero-order chi connectivity index (χ0) is 21.0. The normalized spacial score (nSPS) is 15.5. The van der Waals surface area contributed by atoms with Gasteiger partial charge in [0.15, 0.2) is 16.6 Å². The molecule has 1 heterocycles. The first kappa shape index (κ1) is 21.0. The quantitative estimate of drug-likeness (QED) is 0.388. The SMILES string of the molecule is CCOc1ccc(/C=C2\C(=O)NC(=S)N(c3ccc(Br)cc3)C2=O)cc1OCC. The van der Waals surface area contributed by atoms with Crippen molar-refractivity contribution >= 4 is 56.8 Å². The minimum atomic E-state index is -0.541. The van der Waals surface area contributed by atoms with Crippen LogP contribution in [0.1, 0.15) is 19.4 Å². The molecule has 29 heavy (non-hydrogen) atoms. The molecule has 0 spiro atoms. The summed E-state index contributed by atoms with van der Waals surface area (Å²) in [5.41, 5.74) is 1.18. The summed E-state index contributed by atoms with van der Waals surface area (Å²) in [4.78, 5) is 26.8. The van der Waals surface area contributed by atoms with Gasteiger partial charge in [0.2, 0.25) is 0 Å². The lowest BCUT2D eigenvalue weighted by atomic mass is 10.1. The van der Waals surface area contributed by atoms with E-state index in [1.807, 2.05) is 13.8 Å². The average molecular weight is 475 g/mol. The molecule has 6 nitrogen and oxygen atoms in total. The van der Waals surface area contributed by atoms with Gasteiger partial charge in [-0.05, 0) is 74.1 Å². The van der Waals surface area contributed by atoms with Crippen LogP contribution in [0.3, 0.4) is 0 Å². The van der Waals surface area contributed by atoms with Gasteiger partial charge >= 0.3 is 0 Å². The summed E-state index contributed by atoms with van der Waals surface area (Å²) in [7, 11) is 0. The van der Waals surface area contributed by atoms with Crippen LogP contribution in [0.2, 0.25) is 0 Å². The van der Waals surface area contributed by atoms with Crippen LogP contribution in [0.5, 0.6) is 11.5 Å². The Morgan fingerprint density at radius 1 is 1.03 bits per heavy atom. The first-order chi connectivity index (χ1) is 13.9. The molecule has 1 aliphatic rings. The van der Waals surface area contributed by atoms with Crippen LogP contribution in [-0.2, 0) is 9.59 Å². The molecule has 8 heteroatoms. The Morgan fingerprint density at radius 3 is 2.34 bits per heavy atom. The van der Waals surface area contributed by atoms with Crippen molar-refractivity contribution in [1.82, 2.24) is 5.32 Å². The fourth-order valence-electron chi connectivity index (χ4n) is 2.81. The highest BCUT2D eigenvalue weighted by Gasteiger charge is 2.34. The van der Waals surface area contributed by atoms with Gasteiger partial charge in [0, 0.05) is 4.47 Å². The number of hydrogen-bond acceptors (Lipinski definition) is 5. The number of ether oxygens (including phenoxy) is 2. The van der Waals surface area contributed by atoms with Gasteiger partial charge in [0.05, 0.1) is 18.9 Å². The predicted molar refractivity (Wildman–Crippen MR) is 119 cm³/mol. The molecule has 0 atom stereocenters. The number of anilines is 1. The molecule has 1 saturated heterocycles. The highest BCUT2D eigenvalue weighted by atomic mass is 79.9. The number of rotatable bonds is 6. The zero-order valence-electron chi connectivity index (χ0n) is 15.9. The molecule has 2 amide bonds. The van der Waals surface area contributed by atoms with Crippen molar-refractivity contribution in [2.45, 2.75) is 13.8 Å². The smallest absolute Gasteiger partial charge is 0.270 e. The van der Waals surface area contributed by atoms with Crippen LogP contribution < -0.4 is 19.7 Å². The van der Waals surface area contributed by atoms with Gasteiger partial charge in [-0.15, -0.1) is 0 Å². The number of nitrogens with one attached hydrogen (secondary N) is 1. The molecule has 0 saturated carbocycles. The Balaban J connectivity index is 1.98. The third-order valence-corrected chi connectivity index (χ3v) is 4.88. The Kier molecular flexibility index (Phi) is 6.66. The Hall–Kier alpha value is -2.71. The molecule has 0 unspecified atom stereocenters. The maximum Gasteiger partial charge on any atom is 0.270 e. The summed E-state index contributed by atoms with van der Waals surface area (Å²) < 4.78 is 12.0. The summed E-state index contributed by atoms with van der Waals surface area (Å²) in [6.45, 7) is 4.72. The number of nitrogens with zero attached hydrogens (tertiary/aromatic N) is 1. The number of carbonyl (C=O) groups is 2. The average Bonchev–Trinajstić information content (AvgIpc) is 2.69. The molecule has 2 aromatic carbocycles. The highest BCUT2D eigenvalue weighted by molar-refractivity contribution is 9.10. The second-order valence-electron chi connectivity index (χ2n) is 6.01. The molecular weight excluding hydrogens is 456 g/mol. The summed E-state index contributed by atoms with van der Waals surface area (Å²) in [5.74, 6) is 0.120. The van der Waals surface area contributed by atoms with Crippen LogP contribution in [0.15, 0.2) is 52.5 Å². The molecule has 0 aromatic heterocycles. The molecule has 0 radical (unpaired) electrons. The Bertz CT molecular complexity index is 989. The van der Waals surface area contributed by atoms with E-state index in [1.54, 1.807) is 42.5 Å². The van der Waals surface area contributed by atoms with E-state index >= 15 is 0 Å². The molecule has 1 aliphatic heterocycles. The topological polar surface area (TPSA) is 67.9 Å². The van der Waals surface area contributed by atoms with Gasteiger partial charge < -0.3 is 9.47 Å². The molecule has 3 rings (SSSR count). The molecule has 150 valence electrons. The summed E-state index contributed by atoms with van der Waals surface area (Å²) in [6.07, 6.45) is 1.52. The fraction of sp³-hybridized carbons (Fsp3) is 0.190. The minimum absolute atomic E-state index is 0.0203. The number of benzene rings is 2. The Morgan fingerprint density at radius 2 is 1.69 bits per heavy atom. The van der Waals surface area contributed by atoms with Gasteiger partial charge in [-0.2, -0.15) is 0 Å². The number of thiocarbonyl (C=S) groups is 1. The zero-order valence-corrected chi connectivity index (χ0v) is 18.3. The predicted octanol–water partition coefficient (Wildman–Crippen LogP) is 4.08. The van der Waals surface area contributed by atoms with E-state index in [-0.39, 0.29) is 10.7 Å². The number of hydrogen-bond donors (Lipinski definition) is 1. The van der Waals surface area contributed by atoms with Crippen LogP contribution in [0, 0.1) is 0 Å². The molecule has 0 aliphatic carbocycles. The van der Waals surface area contributed by atoms with Crippen LogP contribution in [0.4, 0.5) is 5.69 Å². The van der Waals surface area contributed by atoms with Gasteiger partial charge in [-0.25, -0.2) is 0 Å². The van der Waals surface area contributed by atoms with E-state index in [1.165, 1.54) is 11.0 Å². The van der Waals surface area contributed by atoms with Gasteiger partial charge in [0.25, 0.3) is 11.8 Å². The van der Waals surface area contributed by atoms with Crippen molar-refractivity contribution in [3.05, 3.63) is 58.1 Å². The van der Waals surface area contributed by atoms with Gasteiger partial charge in [0.1, 0.15) is 5.57 Å². The van der Waals surface area contributed by atoms with Crippen molar-refractivity contribution in [3.8, 4) is 11.5 Å². The first-order valence-electron chi connectivity index (χ1n) is 9.01. The van der Waals surface area contributed by atoms with E-state index < -0.39 is 11.8 Å². The van der Waals surface area contributed by atoms with Crippen molar-refractivity contribution in [3.63, 3.8) is 0 Å². The summed E-state index contributed by atoms with van der Waals surface area (Å²) >= 11 is 8.57. The van der Waals surface area contributed by atoms with Gasteiger partial charge in [-0.3, -0.25) is 19.8 Å². The third-order valence-electron chi connectivity index (χ3n) is 4.06. The summed E-state index contributed by atoms with van der Waals surface area (Å²) in [6, 6.07) is 12.3. The summed E-state index contributed by atoms with van der Waals surface area (Å²) in [5, 5.41) is 2.62. The van der Waals surface area contributed by atoms with Crippen molar-refractivity contribution in [2.75, 3.05) is 18.1 Å². The second kappa shape index (κ2) is 9.19. The van der Waals surface area contributed by atoms with Crippen LogP contribution >= 0.6 is 28.1 Å². The van der Waals surface area contributed by atoms with Crippen molar-refractivity contribution < 1.29 is 19.1 Å².